The van der Waals surface area contributed by atoms with Crippen LogP contribution in [0.5, 0.6) is 5.75 Å². The molecule has 0 aliphatic heterocycles. The number of alkyl halides is 1. The number of nitrogens with zero attached hydrogens (tertiary/aromatic N) is 3. The van der Waals surface area contributed by atoms with Gasteiger partial charge in [-0.15, -0.1) is 16.7 Å². The first kappa shape index (κ1) is 11.0. The highest BCUT2D eigenvalue weighted by atomic mass is 35.5. The van der Waals surface area contributed by atoms with Gasteiger partial charge in [-0.3, -0.25) is 0 Å². The molecule has 1 heterocycles. The minimum atomic E-state index is 0.557. The maximum Gasteiger partial charge on any atom is 0.119 e. The molecule has 0 N–H and O–H groups in total. The summed E-state index contributed by atoms with van der Waals surface area (Å²) in [6.45, 7) is 0. The summed E-state index contributed by atoms with van der Waals surface area (Å²) in [6, 6.07) is 7.63. The molecule has 0 spiro atoms. The van der Waals surface area contributed by atoms with Crippen LogP contribution in [-0.4, -0.2) is 28.0 Å². The number of methoxy groups -OCH3 is 1. The van der Waals surface area contributed by atoms with Crippen molar-refractivity contribution in [3.8, 4) is 11.4 Å². The van der Waals surface area contributed by atoms with Crippen molar-refractivity contribution in [3.63, 3.8) is 0 Å². The Morgan fingerprint density at radius 2 is 2.06 bits per heavy atom. The largest absolute Gasteiger partial charge is 0.497 e. The van der Waals surface area contributed by atoms with Crippen LogP contribution in [0.15, 0.2) is 30.5 Å². The van der Waals surface area contributed by atoms with E-state index in [4.69, 9.17) is 16.3 Å². The summed E-state index contributed by atoms with van der Waals surface area (Å²) >= 11 is 5.64. The summed E-state index contributed by atoms with van der Waals surface area (Å²) in [7, 11) is 1.64. The first-order valence-electron chi connectivity index (χ1n) is 4.95. The van der Waals surface area contributed by atoms with E-state index in [2.05, 4.69) is 10.3 Å². The average Bonchev–Trinajstić information content (AvgIpc) is 2.78. The van der Waals surface area contributed by atoms with Gasteiger partial charge in [0.05, 0.1) is 24.7 Å². The fraction of sp³-hybridized carbons (Fsp3) is 0.273. The maximum absolute atomic E-state index is 5.64. The Bertz CT molecular complexity index is 453. The summed E-state index contributed by atoms with van der Waals surface area (Å²) in [5.74, 6) is 1.38. The first-order valence-corrected chi connectivity index (χ1v) is 5.48. The second-order valence-electron chi connectivity index (χ2n) is 3.29. The number of benzene rings is 1. The predicted octanol–water partition coefficient (Wildman–Crippen LogP) is 2.06. The van der Waals surface area contributed by atoms with Gasteiger partial charge in [-0.05, 0) is 24.3 Å². The highest BCUT2D eigenvalue weighted by Crippen LogP contribution is 2.14. The molecule has 1 aromatic carbocycles. The van der Waals surface area contributed by atoms with Crippen molar-refractivity contribution in [2.24, 2.45) is 0 Å². The van der Waals surface area contributed by atoms with Gasteiger partial charge in [-0.25, -0.2) is 4.68 Å². The van der Waals surface area contributed by atoms with Crippen LogP contribution in [-0.2, 0) is 6.42 Å². The van der Waals surface area contributed by atoms with Gasteiger partial charge in [0, 0.05) is 12.3 Å². The average molecular weight is 238 g/mol. The highest BCUT2D eigenvalue weighted by molar-refractivity contribution is 6.17. The van der Waals surface area contributed by atoms with Gasteiger partial charge in [0.1, 0.15) is 5.75 Å². The molecule has 0 atom stereocenters. The van der Waals surface area contributed by atoms with Gasteiger partial charge < -0.3 is 4.74 Å². The number of aromatic nitrogens is 3. The van der Waals surface area contributed by atoms with Gasteiger partial charge in [0.15, 0.2) is 0 Å². The molecule has 2 rings (SSSR count). The molecule has 84 valence electrons. The third kappa shape index (κ3) is 2.33. The van der Waals surface area contributed by atoms with Crippen LogP contribution < -0.4 is 4.74 Å². The van der Waals surface area contributed by atoms with Crippen LogP contribution in [0, 0.1) is 0 Å². The Kier molecular flexibility index (Phi) is 3.41. The van der Waals surface area contributed by atoms with E-state index in [1.807, 2.05) is 30.5 Å². The van der Waals surface area contributed by atoms with E-state index in [0.29, 0.717) is 5.88 Å². The molecule has 16 heavy (non-hydrogen) atoms. The number of hydrogen-bond donors (Lipinski definition) is 0. The molecule has 0 saturated carbocycles. The summed E-state index contributed by atoms with van der Waals surface area (Å²) < 4.78 is 6.81. The molecule has 0 radical (unpaired) electrons. The molecule has 0 aliphatic rings. The molecular weight excluding hydrogens is 226 g/mol. The molecule has 0 bridgehead atoms. The monoisotopic (exact) mass is 237 g/mol. The molecule has 0 aliphatic carbocycles. The fourth-order valence-electron chi connectivity index (χ4n) is 1.37. The van der Waals surface area contributed by atoms with Crippen LogP contribution in [0.2, 0.25) is 0 Å². The number of ether oxygens (including phenoxy) is 1. The highest BCUT2D eigenvalue weighted by Gasteiger charge is 2.02. The molecule has 1 aromatic heterocycles. The molecule has 0 fully saturated rings. The van der Waals surface area contributed by atoms with Crippen LogP contribution in [0.4, 0.5) is 0 Å². The molecule has 0 amide bonds. The van der Waals surface area contributed by atoms with Crippen LogP contribution >= 0.6 is 11.6 Å². The first-order chi connectivity index (χ1) is 7.83. The molecule has 5 heteroatoms. The summed E-state index contributed by atoms with van der Waals surface area (Å²) in [5.41, 5.74) is 1.85. The zero-order valence-corrected chi connectivity index (χ0v) is 9.68. The minimum Gasteiger partial charge on any atom is -0.497 e. The summed E-state index contributed by atoms with van der Waals surface area (Å²) in [5, 5.41) is 8.05. The van der Waals surface area contributed by atoms with E-state index in [-0.39, 0.29) is 0 Å². The standard InChI is InChI=1S/C11H12ClN3O/c1-16-11-4-2-10(3-5-11)15-8-9(6-7-12)13-14-15/h2-5,8H,6-7H2,1H3. The van der Waals surface area contributed by atoms with E-state index >= 15 is 0 Å². The Labute approximate surface area is 98.8 Å². The smallest absolute Gasteiger partial charge is 0.119 e. The Morgan fingerprint density at radius 1 is 1.31 bits per heavy atom. The minimum absolute atomic E-state index is 0.557. The summed E-state index contributed by atoms with van der Waals surface area (Å²) in [6.07, 6.45) is 2.61. The lowest BCUT2D eigenvalue weighted by Crippen LogP contribution is -1.94. The lowest BCUT2D eigenvalue weighted by atomic mass is 10.3. The zero-order valence-electron chi connectivity index (χ0n) is 8.93. The molecule has 0 unspecified atom stereocenters. The third-order valence-electron chi connectivity index (χ3n) is 2.23. The van der Waals surface area contributed by atoms with Crippen molar-refractivity contribution in [1.29, 1.82) is 0 Å². The van der Waals surface area contributed by atoms with Crippen molar-refractivity contribution >= 4 is 11.6 Å². The Hall–Kier alpha value is -1.55. The predicted molar refractivity (Wildman–Crippen MR) is 62.3 cm³/mol. The molecule has 0 saturated heterocycles. The summed E-state index contributed by atoms with van der Waals surface area (Å²) in [4.78, 5) is 0. The van der Waals surface area contributed by atoms with Gasteiger partial charge >= 0.3 is 0 Å². The van der Waals surface area contributed by atoms with Crippen molar-refractivity contribution in [2.75, 3.05) is 13.0 Å². The van der Waals surface area contributed by atoms with Gasteiger partial charge in [-0.1, -0.05) is 5.21 Å². The SMILES string of the molecule is COc1ccc(-n2cc(CCCl)nn2)cc1. The lowest BCUT2D eigenvalue weighted by Gasteiger charge is -2.01. The zero-order chi connectivity index (χ0) is 11.4. The number of hydrogen-bond acceptors (Lipinski definition) is 3. The van der Waals surface area contributed by atoms with E-state index in [9.17, 15) is 0 Å². The van der Waals surface area contributed by atoms with Crippen molar-refractivity contribution < 1.29 is 4.74 Å². The van der Waals surface area contributed by atoms with Crippen LogP contribution in [0.1, 0.15) is 5.69 Å². The van der Waals surface area contributed by atoms with Crippen LogP contribution in [0.3, 0.4) is 0 Å². The Morgan fingerprint density at radius 3 is 2.69 bits per heavy atom. The molecule has 2 aromatic rings. The third-order valence-corrected chi connectivity index (χ3v) is 2.42. The van der Waals surface area contributed by atoms with E-state index < -0.39 is 0 Å². The van der Waals surface area contributed by atoms with Crippen molar-refractivity contribution in [3.05, 3.63) is 36.2 Å². The van der Waals surface area contributed by atoms with Gasteiger partial charge in [0.25, 0.3) is 0 Å². The molecule has 4 nitrogen and oxygen atoms in total. The second-order valence-corrected chi connectivity index (χ2v) is 3.67. The van der Waals surface area contributed by atoms with Gasteiger partial charge in [0.2, 0.25) is 0 Å². The molecular formula is C11H12ClN3O. The number of halogens is 1. The quantitative estimate of drug-likeness (QED) is 0.765. The van der Waals surface area contributed by atoms with E-state index in [0.717, 1.165) is 23.6 Å². The van der Waals surface area contributed by atoms with E-state index in [1.54, 1.807) is 11.8 Å². The van der Waals surface area contributed by atoms with Crippen LogP contribution in [0.25, 0.3) is 5.69 Å². The van der Waals surface area contributed by atoms with Gasteiger partial charge in [-0.2, -0.15) is 0 Å². The normalized spacial score (nSPS) is 10.4. The topological polar surface area (TPSA) is 39.9 Å². The fourth-order valence-corrected chi connectivity index (χ4v) is 1.56. The van der Waals surface area contributed by atoms with Crippen molar-refractivity contribution in [2.45, 2.75) is 6.42 Å². The maximum atomic E-state index is 5.64. The van der Waals surface area contributed by atoms with Crippen molar-refractivity contribution in [1.82, 2.24) is 15.0 Å². The second kappa shape index (κ2) is 4.99. The van der Waals surface area contributed by atoms with E-state index in [1.165, 1.54) is 0 Å². The Balaban J connectivity index is 2.21. The number of aryl methyl sites for hydroxylation is 1. The number of rotatable bonds is 4. The lowest BCUT2D eigenvalue weighted by molar-refractivity contribution is 0.414.